The minimum Gasteiger partial charge on any atom is -0.273 e. The van der Waals surface area contributed by atoms with E-state index in [-0.39, 0.29) is 11.5 Å². The van der Waals surface area contributed by atoms with Gasteiger partial charge in [0.2, 0.25) is 0 Å². The van der Waals surface area contributed by atoms with Crippen LogP contribution in [0.2, 0.25) is 0 Å². The molecule has 0 aliphatic carbocycles. The number of hydrogen-bond donors (Lipinski definition) is 2. The quantitative estimate of drug-likeness (QED) is 0.670. The van der Waals surface area contributed by atoms with E-state index in [2.05, 4.69) is 43.6 Å². The molecule has 1 unspecified atom stereocenters. The highest BCUT2D eigenvalue weighted by atomic mass is 32.1. The highest BCUT2D eigenvalue weighted by Gasteiger charge is 2.21. The first-order chi connectivity index (χ1) is 9.32. The number of hydrogen-bond acceptors (Lipinski definition) is 5. The van der Waals surface area contributed by atoms with Crippen molar-refractivity contribution in [3.63, 3.8) is 0 Å². The molecule has 5 nitrogen and oxygen atoms in total. The van der Waals surface area contributed by atoms with Gasteiger partial charge < -0.3 is 0 Å². The van der Waals surface area contributed by atoms with Crippen LogP contribution in [0, 0.1) is 6.92 Å². The molecule has 0 bridgehead atoms. The fourth-order valence-electron chi connectivity index (χ4n) is 2.04. The average molecular weight is 293 g/mol. The van der Waals surface area contributed by atoms with Gasteiger partial charge in [-0.25, -0.2) is 4.98 Å². The molecular weight excluding hydrogens is 270 g/mol. The molecule has 6 heteroatoms. The van der Waals surface area contributed by atoms with E-state index < -0.39 is 0 Å². The van der Waals surface area contributed by atoms with Crippen molar-refractivity contribution in [2.24, 2.45) is 12.9 Å². The molecule has 2 heterocycles. The van der Waals surface area contributed by atoms with Crippen LogP contribution in [0.4, 0.5) is 0 Å². The standard InChI is InChI=1S/C14H23N5S/c1-9-10(7-16-19(9)5)11(18-15)6-13-17-12(8-20-13)14(2,3)4/h7-8,11,18H,6,15H2,1-5H3. The van der Waals surface area contributed by atoms with Gasteiger partial charge in [0.15, 0.2) is 0 Å². The van der Waals surface area contributed by atoms with Crippen molar-refractivity contribution < 1.29 is 0 Å². The smallest absolute Gasteiger partial charge is 0.0948 e. The van der Waals surface area contributed by atoms with Crippen molar-refractivity contribution in [3.8, 4) is 0 Å². The second-order valence-corrected chi connectivity index (χ2v) is 7.05. The maximum Gasteiger partial charge on any atom is 0.0948 e. The van der Waals surface area contributed by atoms with E-state index in [0.29, 0.717) is 0 Å². The molecule has 110 valence electrons. The predicted molar refractivity (Wildman–Crippen MR) is 82.5 cm³/mol. The Balaban J connectivity index is 2.19. The van der Waals surface area contributed by atoms with Gasteiger partial charge in [0.1, 0.15) is 0 Å². The molecule has 0 saturated carbocycles. The first kappa shape index (κ1) is 15.2. The maximum atomic E-state index is 5.71. The highest BCUT2D eigenvalue weighted by molar-refractivity contribution is 7.09. The largest absolute Gasteiger partial charge is 0.273 e. The van der Waals surface area contributed by atoms with E-state index in [1.165, 1.54) is 0 Å². The molecule has 2 aromatic heterocycles. The maximum absolute atomic E-state index is 5.71. The normalized spacial score (nSPS) is 13.7. The monoisotopic (exact) mass is 293 g/mol. The summed E-state index contributed by atoms with van der Waals surface area (Å²) < 4.78 is 1.86. The minimum absolute atomic E-state index is 0.0441. The second kappa shape index (κ2) is 5.63. The molecule has 0 spiro atoms. The van der Waals surface area contributed by atoms with Gasteiger partial charge in [-0.2, -0.15) is 5.10 Å². The molecule has 0 radical (unpaired) electrons. The summed E-state index contributed by atoms with van der Waals surface area (Å²) in [6.07, 6.45) is 2.65. The number of aryl methyl sites for hydroxylation is 1. The molecule has 0 amide bonds. The van der Waals surface area contributed by atoms with Crippen LogP contribution in [0.15, 0.2) is 11.6 Å². The van der Waals surface area contributed by atoms with Gasteiger partial charge in [0.05, 0.1) is 22.9 Å². The molecule has 0 aliphatic heterocycles. The molecule has 0 aromatic carbocycles. The zero-order chi connectivity index (χ0) is 14.9. The summed E-state index contributed by atoms with van der Waals surface area (Å²) in [5.41, 5.74) is 6.36. The van der Waals surface area contributed by atoms with Gasteiger partial charge >= 0.3 is 0 Å². The molecule has 2 rings (SSSR count). The number of rotatable bonds is 4. The summed E-state index contributed by atoms with van der Waals surface area (Å²) in [4.78, 5) is 4.73. The molecule has 20 heavy (non-hydrogen) atoms. The molecule has 2 aromatic rings. The predicted octanol–water partition coefficient (Wildman–Crippen LogP) is 2.23. The van der Waals surface area contributed by atoms with Crippen molar-refractivity contribution in [2.45, 2.75) is 45.6 Å². The summed E-state index contributed by atoms with van der Waals surface area (Å²) in [5.74, 6) is 5.71. The van der Waals surface area contributed by atoms with Gasteiger partial charge in [0, 0.05) is 35.5 Å². The molecular formula is C14H23N5S. The van der Waals surface area contributed by atoms with E-state index in [0.717, 1.165) is 28.4 Å². The first-order valence-corrected chi connectivity index (χ1v) is 7.60. The Kier molecular flexibility index (Phi) is 4.27. The van der Waals surface area contributed by atoms with Crippen LogP contribution < -0.4 is 11.3 Å². The lowest BCUT2D eigenvalue weighted by molar-refractivity contribution is 0.538. The van der Waals surface area contributed by atoms with Gasteiger partial charge in [-0.05, 0) is 6.92 Å². The second-order valence-electron chi connectivity index (χ2n) is 6.11. The molecule has 0 saturated heterocycles. The van der Waals surface area contributed by atoms with E-state index in [9.17, 15) is 0 Å². The van der Waals surface area contributed by atoms with Crippen LogP contribution in [-0.2, 0) is 18.9 Å². The van der Waals surface area contributed by atoms with E-state index >= 15 is 0 Å². The highest BCUT2D eigenvalue weighted by Crippen LogP contribution is 2.27. The van der Waals surface area contributed by atoms with Gasteiger partial charge in [-0.15, -0.1) is 11.3 Å². The SMILES string of the molecule is Cc1c(C(Cc2nc(C(C)(C)C)cs2)NN)cnn1C. The van der Waals surface area contributed by atoms with E-state index in [1.807, 2.05) is 17.9 Å². The summed E-state index contributed by atoms with van der Waals surface area (Å²) in [6, 6.07) is 0.0441. The summed E-state index contributed by atoms with van der Waals surface area (Å²) in [7, 11) is 1.94. The molecule has 0 fully saturated rings. The number of aromatic nitrogens is 3. The van der Waals surface area contributed by atoms with Gasteiger partial charge in [-0.1, -0.05) is 20.8 Å². The minimum atomic E-state index is 0.0441. The fraction of sp³-hybridized carbons (Fsp3) is 0.571. The van der Waals surface area contributed by atoms with Crippen molar-refractivity contribution in [3.05, 3.63) is 33.5 Å². The molecule has 0 aliphatic rings. The van der Waals surface area contributed by atoms with Crippen LogP contribution in [0.5, 0.6) is 0 Å². The van der Waals surface area contributed by atoms with Crippen LogP contribution >= 0.6 is 11.3 Å². The number of nitrogens with two attached hydrogens (primary N) is 1. The van der Waals surface area contributed by atoms with E-state index in [1.54, 1.807) is 11.3 Å². The number of thiazole rings is 1. The first-order valence-electron chi connectivity index (χ1n) is 6.72. The third-order valence-electron chi connectivity index (χ3n) is 3.55. The van der Waals surface area contributed by atoms with Crippen molar-refractivity contribution in [1.29, 1.82) is 0 Å². The van der Waals surface area contributed by atoms with Crippen molar-refractivity contribution in [2.75, 3.05) is 0 Å². The lowest BCUT2D eigenvalue weighted by atomic mass is 9.93. The summed E-state index contributed by atoms with van der Waals surface area (Å²) in [5, 5.41) is 7.51. The van der Waals surface area contributed by atoms with E-state index in [4.69, 9.17) is 10.8 Å². The Morgan fingerprint density at radius 3 is 2.60 bits per heavy atom. The Morgan fingerprint density at radius 2 is 2.15 bits per heavy atom. The number of nitrogens with zero attached hydrogens (tertiary/aromatic N) is 3. The number of hydrazine groups is 1. The summed E-state index contributed by atoms with van der Waals surface area (Å²) in [6.45, 7) is 8.58. The topological polar surface area (TPSA) is 68.8 Å². The van der Waals surface area contributed by atoms with Crippen LogP contribution in [0.25, 0.3) is 0 Å². The Labute approximate surface area is 124 Å². The molecule has 3 N–H and O–H groups in total. The number of nitrogens with one attached hydrogen (secondary N) is 1. The third-order valence-corrected chi connectivity index (χ3v) is 4.42. The fourth-order valence-corrected chi connectivity index (χ4v) is 3.11. The van der Waals surface area contributed by atoms with Crippen molar-refractivity contribution in [1.82, 2.24) is 20.2 Å². The third kappa shape index (κ3) is 3.08. The lowest BCUT2D eigenvalue weighted by Gasteiger charge is -2.16. The zero-order valence-corrected chi connectivity index (χ0v) is 13.6. The van der Waals surface area contributed by atoms with Crippen LogP contribution in [-0.4, -0.2) is 14.8 Å². The Bertz CT molecular complexity index is 579. The lowest BCUT2D eigenvalue weighted by Crippen LogP contribution is -2.30. The average Bonchev–Trinajstić information content (AvgIpc) is 2.95. The Hall–Kier alpha value is -1.24. The van der Waals surface area contributed by atoms with Crippen LogP contribution in [0.3, 0.4) is 0 Å². The van der Waals surface area contributed by atoms with Crippen LogP contribution in [0.1, 0.15) is 48.8 Å². The summed E-state index contributed by atoms with van der Waals surface area (Å²) >= 11 is 1.69. The zero-order valence-electron chi connectivity index (χ0n) is 12.8. The van der Waals surface area contributed by atoms with Gasteiger partial charge in [-0.3, -0.25) is 16.0 Å². The van der Waals surface area contributed by atoms with Gasteiger partial charge in [0.25, 0.3) is 0 Å². The molecule has 1 atom stereocenters. The van der Waals surface area contributed by atoms with Crippen molar-refractivity contribution >= 4 is 11.3 Å². The Morgan fingerprint density at radius 1 is 1.45 bits per heavy atom.